The van der Waals surface area contributed by atoms with Crippen LogP contribution in [0.2, 0.25) is 0 Å². The number of carbonyl (C=O) groups excluding carboxylic acids is 2. The summed E-state index contributed by atoms with van der Waals surface area (Å²) in [4.78, 5) is 32.7. The Kier molecular flexibility index (Phi) is 4.22. The number of allylic oxidation sites excluding steroid dienone is 2. The van der Waals surface area contributed by atoms with Crippen molar-refractivity contribution < 1.29 is 29.1 Å². The summed E-state index contributed by atoms with van der Waals surface area (Å²) >= 11 is 0. The second kappa shape index (κ2) is 5.94. The molecule has 0 spiro atoms. The Morgan fingerprint density at radius 1 is 1.50 bits per heavy atom. The van der Waals surface area contributed by atoms with Crippen LogP contribution in [0.3, 0.4) is 0 Å². The van der Waals surface area contributed by atoms with E-state index in [9.17, 15) is 24.8 Å². The summed E-state index contributed by atoms with van der Waals surface area (Å²) in [6, 6.07) is 5.59. The number of non-ortho nitro benzene ring substituents is 1. The van der Waals surface area contributed by atoms with Crippen molar-refractivity contribution in [3.8, 4) is 0 Å². The normalized spacial score (nSPS) is 23.9. The lowest BCUT2D eigenvalue weighted by atomic mass is 9.89. The number of rotatable bonds is 4. The van der Waals surface area contributed by atoms with Crippen molar-refractivity contribution in [2.24, 2.45) is 0 Å². The molecule has 0 bridgehead atoms. The van der Waals surface area contributed by atoms with Crippen molar-refractivity contribution in [1.29, 1.82) is 0 Å². The molecule has 1 aromatic rings. The lowest BCUT2D eigenvalue weighted by molar-refractivity contribution is -0.384. The zero-order valence-electron chi connectivity index (χ0n) is 11.6. The Balaban J connectivity index is 2.34. The fraction of sp³-hybridized carbons (Fsp3) is 0.286. The predicted octanol–water partition coefficient (Wildman–Crippen LogP) is 1.04. The molecule has 116 valence electrons. The molecular weight excluding hydrogens is 294 g/mol. The van der Waals surface area contributed by atoms with Gasteiger partial charge < -0.3 is 14.6 Å². The van der Waals surface area contributed by atoms with Crippen LogP contribution in [-0.2, 0) is 19.1 Å². The zero-order chi connectivity index (χ0) is 16.3. The number of methoxy groups -OCH3 is 1. The molecule has 0 radical (unpaired) electrons. The highest BCUT2D eigenvalue weighted by Crippen LogP contribution is 2.36. The highest BCUT2D eigenvalue weighted by Gasteiger charge is 2.45. The molecule has 1 aliphatic rings. The van der Waals surface area contributed by atoms with E-state index >= 15 is 0 Å². The maximum absolute atomic E-state index is 11.6. The molecule has 2 unspecified atom stereocenters. The number of aliphatic hydroxyl groups is 1. The molecule has 1 N–H and O–H groups in total. The van der Waals surface area contributed by atoms with Gasteiger partial charge in [-0.05, 0) is 11.6 Å². The number of carbonyl (C=O) groups is 2. The topological polar surface area (TPSA) is 116 Å². The van der Waals surface area contributed by atoms with E-state index in [2.05, 4.69) is 4.74 Å². The van der Waals surface area contributed by atoms with Crippen molar-refractivity contribution in [2.45, 2.75) is 18.1 Å². The first-order valence-electron chi connectivity index (χ1n) is 6.31. The molecule has 1 aromatic carbocycles. The van der Waals surface area contributed by atoms with Crippen LogP contribution in [0.15, 0.2) is 36.1 Å². The molecule has 0 aliphatic carbocycles. The molecular formula is C14H13NO7. The molecule has 0 amide bonds. The van der Waals surface area contributed by atoms with Crippen molar-refractivity contribution in [1.82, 2.24) is 0 Å². The average Bonchev–Trinajstić information content (AvgIpc) is 2.53. The minimum Gasteiger partial charge on any atom is -0.464 e. The molecule has 2 rings (SSSR count). The van der Waals surface area contributed by atoms with E-state index in [1.807, 2.05) is 0 Å². The summed E-state index contributed by atoms with van der Waals surface area (Å²) in [5, 5.41) is 20.9. The number of hydrogen-bond acceptors (Lipinski definition) is 7. The fourth-order valence-corrected chi connectivity index (χ4v) is 2.23. The largest absolute Gasteiger partial charge is 0.464 e. The molecule has 2 atom stereocenters. The van der Waals surface area contributed by atoms with Crippen LogP contribution in [0.5, 0.6) is 0 Å². The van der Waals surface area contributed by atoms with Gasteiger partial charge in [-0.1, -0.05) is 12.1 Å². The monoisotopic (exact) mass is 307 g/mol. The standard InChI is InChI=1S/C14H13NO7/c1-21-13(17)14(18)7-10(6-12(8-16)22-14)9-2-4-11(5-3-9)15(19)20/h2-6,8,10,18H,7H2,1H3. The Morgan fingerprint density at radius 3 is 2.64 bits per heavy atom. The number of benzene rings is 1. The molecule has 1 heterocycles. The highest BCUT2D eigenvalue weighted by atomic mass is 16.7. The molecule has 8 heteroatoms. The van der Waals surface area contributed by atoms with Gasteiger partial charge in [0.2, 0.25) is 0 Å². The molecule has 0 saturated heterocycles. The van der Waals surface area contributed by atoms with E-state index in [1.54, 1.807) is 0 Å². The predicted molar refractivity (Wildman–Crippen MR) is 72.7 cm³/mol. The van der Waals surface area contributed by atoms with Crippen LogP contribution >= 0.6 is 0 Å². The third-order valence-electron chi connectivity index (χ3n) is 3.30. The summed E-state index contributed by atoms with van der Waals surface area (Å²) in [7, 11) is 1.09. The third kappa shape index (κ3) is 2.96. The van der Waals surface area contributed by atoms with E-state index in [0.717, 1.165) is 7.11 Å². The molecule has 8 nitrogen and oxygen atoms in total. The Bertz CT molecular complexity index is 637. The maximum atomic E-state index is 11.6. The van der Waals surface area contributed by atoms with E-state index in [-0.39, 0.29) is 17.9 Å². The zero-order valence-corrected chi connectivity index (χ0v) is 11.6. The first-order chi connectivity index (χ1) is 10.4. The van der Waals surface area contributed by atoms with Crippen LogP contribution in [0, 0.1) is 10.1 Å². The minimum atomic E-state index is -2.27. The van der Waals surface area contributed by atoms with Crippen molar-refractivity contribution in [3.05, 3.63) is 51.8 Å². The molecule has 22 heavy (non-hydrogen) atoms. The molecule has 0 aromatic heterocycles. The summed E-state index contributed by atoms with van der Waals surface area (Å²) in [5.41, 5.74) is 0.509. The average molecular weight is 307 g/mol. The lowest BCUT2D eigenvalue weighted by Gasteiger charge is -2.33. The first-order valence-corrected chi connectivity index (χ1v) is 6.31. The highest BCUT2D eigenvalue weighted by molar-refractivity contribution is 5.80. The number of ether oxygens (including phenoxy) is 2. The van der Waals surface area contributed by atoms with Crippen LogP contribution in [0.1, 0.15) is 17.9 Å². The van der Waals surface area contributed by atoms with Gasteiger partial charge in [0.15, 0.2) is 12.0 Å². The molecule has 0 fully saturated rings. The van der Waals surface area contributed by atoms with Gasteiger partial charge in [-0.2, -0.15) is 0 Å². The summed E-state index contributed by atoms with van der Waals surface area (Å²) in [6.07, 6.45) is 1.63. The summed E-state index contributed by atoms with van der Waals surface area (Å²) in [5.74, 6) is -4.03. The van der Waals surface area contributed by atoms with E-state index in [4.69, 9.17) is 4.74 Å². The third-order valence-corrected chi connectivity index (χ3v) is 3.30. The van der Waals surface area contributed by atoms with Gasteiger partial charge in [0, 0.05) is 24.5 Å². The van der Waals surface area contributed by atoms with E-state index in [0.29, 0.717) is 11.8 Å². The van der Waals surface area contributed by atoms with E-state index < -0.39 is 22.6 Å². The number of hydrogen-bond donors (Lipinski definition) is 1. The second-order valence-corrected chi connectivity index (χ2v) is 4.72. The number of nitro groups is 1. The lowest BCUT2D eigenvalue weighted by Crippen LogP contribution is -2.45. The maximum Gasteiger partial charge on any atom is 0.379 e. The van der Waals surface area contributed by atoms with Gasteiger partial charge >= 0.3 is 11.8 Å². The number of esters is 1. The van der Waals surface area contributed by atoms with Gasteiger partial charge in [0.05, 0.1) is 12.0 Å². The SMILES string of the molecule is COC(=O)C1(O)CC(c2ccc([N+](=O)[O-])cc2)C=C(C=O)O1. The van der Waals surface area contributed by atoms with Crippen LogP contribution in [0.4, 0.5) is 5.69 Å². The fourth-order valence-electron chi connectivity index (χ4n) is 2.23. The smallest absolute Gasteiger partial charge is 0.379 e. The van der Waals surface area contributed by atoms with Gasteiger partial charge in [0.1, 0.15) is 0 Å². The summed E-state index contributed by atoms with van der Waals surface area (Å²) in [6.45, 7) is 0. The minimum absolute atomic E-state index is 0.0846. The Labute approximate surface area is 125 Å². The van der Waals surface area contributed by atoms with Crippen LogP contribution < -0.4 is 0 Å². The number of aldehydes is 1. The van der Waals surface area contributed by atoms with Gasteiger partial charge in [-0.3, -0.25) is 14.9 Å². The number of nitrogens with zero attached hydrogens (tertiary/aromatic N) is 1. The van der Waals surface area contributed by atoms with Gasteiger partial charge in [0.25, 0.3) is 5.69 Å². The van der Waals surface area contributed by atoms with Gasteiger partial charge in [-0.15, -0.1) is 0 Å². The molecule has 1 aliphatic heterocycles. The van der Waals surface area contributed by atoms with Crippen LogP contribution in [-0.4, -0.2) is 35.2 Å². The Morgan fingerprint density at radius 2 is 2.14 bits per heavy atom. The summed E-state index contributed by atoms with van der Waals surface area (Å²) < 4.78 is 9.43. The van der Waals surface area contributed by atoms with Gasteiger partial charge in [-0.25, -0.2) is 4.79 Å². The van der Waals surface area contributed by atoms with Crippen molar-refractivity contribution >= 4 is 17.9 Å². The second-order valence-electron chi connectivity index (χ2n) is 4.72. The Hall–Kier alpha value is -2.74. The quantitative estimate of drug-likeness (QED) is 0.382. The van der Waals surface area contributed by atoms with Crippen LogP contribution in [0.25, 0.3) is 0 Å². The number of nitro benzene ring substituents is 1. The first kappa shape index (κ1) is 15.6. The van der Waals surface area contributed by atoms with Crippen molar-refractivity contribution in [2.75, 3.05) is 7.11 Å². The van der Waals surface area contributed by atoms with E-state index in [1.165, 1.54) is 30.3 Å². The van der Waals surface area contributed by atoms with Crippen molar-refractivity contribution in [3.63, 3.8) is 0 Å². The molecule has 0 saturated carbocycles.